The predicted molar refractivity (Wildman–Crippen MR) is 59.5 cm³/mol. The van der Waals surface area contributed by atoms with Crippen LogP contribution in [-0.2, 0) is 11.2 Å². The summed E-state index contributed by atoms with van der Waals surface area (Å²) < 4.78 is 5.77. The quantitative estimate of drug-likeness (QED) is 0.726. The van der Waals surface area contributed by atoms with Crippen molar-refractivity contribution in [1.29, 1.82) is 0 Å². The zero-order valence-electron chi connectivity index (χ0n) is 9.98. The van der Waals surface area contributed by atoms with Crippen LogP contribution in [0.15, 0.2) is 17.1 Å². The van der Waals surface area contributed by atoms with Gasteiger partial charge in [0.1, 0.15) is 5.60 Å². The van der Waals surface area contributed by atoms with Crippen molar-refractivity contribution in [3.05, 3.63) is 28.2 Å². The molecular weight excluding hydrogens is 208 g/mol. The monoisotopic (exact) mass is 224 g/mol. The number of hydrogen-bond donors (Lipinski definition) is 0. The molecule has 0 atom stereocenters. The molecule has 16 heavy (non-hydrogen) atoms. The van der Waals surface area contributed by atoms with Crippen LogP contribution >= 0.6 is 0 Å². The molecule has 0 bridgehead atoms. The molecule has 0 aliphatic carbocycles. The van der Waals surface area contributed by atoms with Gasteiger partial charge in [0.25, 0.3) is 5.56 Å². The van der Waals surface area contributed by atoms with Gasteiger partial charge >= 0.3 is 6.09 Å². The van der Waals surface area contributed by atoms with Crippen molar-refractivity contribution < 1.29 is 9.53 Å². The summed E-state index contributed by atoms with van der Waals surface area (Å²) in [4.78, 5) is 23.1. The molecule has 1 heterocycles. The minimum Gasteiger partial charge on any atom is -0.442 e. The van der Waals surface area contributed by atoms with Gasteiger partial charge in [-0.2, -0.15) is 5.10 Å². The minimum atomic E-state index is -0.750. The molecule has 88 valence electrons. The third-order valence-corrected chi connectivity index (χ3v) is 1.83. The molecule has 0 saturated heterocycles. The van der Waals surface area contributed by atoms with Crippen LogP contribution in [0, 0.1) is 0 Å². The maximum atomic E-state index is 11.6. The van der Waals surface area contributed by atoms with Crippen LogP contribution in [0.25, 0.3) is 0 Å². The van der Waals surface area contributed by atoms with Crippen molar-refractivity contribution in [2.24, 2.45) is 0 Å². The van der Waals surface area contributed by atoms with E-state index in [9.17, 15) is 9.59 Å². The number of ether oxygens (including phenoxy) is 1. The van der Waals surface area contributed by atoms with Crippen LogP contribution in [0.1, 0.15) is 33.3 Å². The normalized spacial score (nSPS) is 11.2. The lowest BCUT2D eigenvalue weighted by atomic mass is 10.2. The SMILES string of the molecule is CCc1cnn(C(=O)OC(C)(C)C)c(=O)c1. The first-order valence-electron chi connectivity index (χ1n) is 5.15. The summed E-state index contributed by atoms with van der Waals surface area (Å²) in [7, 11) is 0. The second kappa shape index (κ2) is 4.47. The molecule has 1 rings (SSSR count). The largest absolute Gasteiger partial charge is 0.442 e. The Morgan fingerprint density at radius 2 is 2.12 bits per heavy atom. The van der Waals surface area contributed by atoms with Crippen LogP contribution in [-0.4, -0.2) is 21.5 Å². The van der Waals surface area contributed by atoms with E-state index in [1.54, 1.807) is 20.8 Å². The highest BCUT2D eigenvalue weighted by molar-refractivity contribution is 5.69. The Balaban J connectivity index is 2.97. The van der Waals surface area contributed by atoms with Crippen molar-refractivity contribution in [2.75, 3.05) is 0 Å². The smallest absolute Gasteiger partial charge is 0.438 e. The van der Waals surface area contributed by atoms with Gasteiger partial charge in [-0.1, -0.05) is 6.92 Å². The average Bonchev–Trinajstić information content (AvgIpc) is 2.14. The number of nitrogens with zero attached hydrogens (tertiary/aromatic N) is 2. The topological polar surface area (TPSA) is 61.2 Å². The molecule has 0 N–H and O–H groups in total. The summed E-state index contributed by atoms with van der Waals surface area (Å²) in [6.07, 6.45) is 1.45. The molecule has 0 aliphatic heterocycles. The highest BCUT2D eigenvalue weighted by atomic mass is 16.6. The minimum absolute atomic E-state index is 0.464. The van der Waals surface area contributed by atoms with Gasteiger partial charge in [-0.25, -0.2) is 4.79 Å². The van der Waals surface area contributed by atoms with E-state index in [1.165, 1.54) is 12.3 Å². The molecule has 0 aliphatic rings. The Kier molecular flexibility index (Phi) is 3.47. The molecule has 0 saturated carbocycles. The third kappa shape index (κ3) is 3.18. The van der Waals surface area contributed by atoms with E-state index >= 15 is 0 Å². The molecule has 0 unspecified atom stereocenters. The fraction of sp³-hybridized carbons (Fsp3) is 0.545. The number of hydrogen-bond acceptors (Lipinski definition) is 4. The van der Waals surface area contributed by atoms with Gasteiger partial charge in [0.15, 0.2) is 0 Å². The fourth-order valence-electron chi connectivity index (χ4n) is 1.08. The number of rotatable bonds is 1. The van der Waals surface area contributed by atoms with E-state index < -0.39 is 17.3 Å². The molecule has 5 nitrogen and oxygen atoms in total. The van der Waals surface area contributed by atoms with Crippen molar-refractivity contribution in [2.45, 2.75) is 39.7 Å². The van der Waals surface area contributed by atoms with E-state index in [2.05, 4.69) is 5.10 Å². The zero-order chi connectivity index (χ0) is 12.3. The molecule has 1 aromatic heterocycles. The molecule has 5 heteroatoms. The van der Waals surface area contributed by atoms with Crippen LogP contribution < -0.4 is 5.56 Å². The fourth-order valence-corrected chi connectivity index (χ4v) is 1.08. The van der Waals surface area contributed by atoms with Gasteiger partial charge in [0.2, 0.25) is 0 Å². The molecule has 0 radical (unpaired) electrons. The number of aryl methyl sites for hydroxylation is 1. The number of carbonyl (C=O) groups is 1. The van der Waals surface area contributed by atoms with E-state index in [1.807, 2.05) is 6.92 Å². The Morgan fingerprint density at radius 3 is 2.56 bits per heavy atom. The first-order chi connectivity index (χ1) is 7.33. The molecular formula is C11H16N2O3. The summed E-state index contributed by atoms with van der Waals surface area (Å²) in [5.41, 5.74) is -0.305. The van der Waals surface area contributed by atoms with Gasteiger partial charge in [-0.05, 0) is 32.8 Å². The Morgan fingerprint density at radius 1 is 1.50 bits per heavy atom. The maximum Gasteiger partial charge on any atom is 0.438 e. The predicted octanol–water partition coefficient (Wildman–Crippen LogP) is 1.59. The molecule has 0 spiro atoms. The van der Waals surface area contributed by atoms with Crippen molar-refractivity contribution in [1.82, 2.24) is 9.78 Å². The second-order valence-electron chi connectivity index (χ2n) is 4.45. The molecule has 0 aromatic carbocycles. The van der Waals surface area contributed by atoms with E-state index in [4.69, 9.17) is 4.74 Å². The average molecular weight is 224 g/mol. The van der Waals surface area contributed by atoms with E-state index in [0.717, 1.165) is 10.2 Å². The highest BCUT2D eigenvalue weighted by Gasteiger charge is 2.19. The van der Waals surface area contributed by atoms with Crippen LogP contribution in [0.4, 0.5) is 4.79 Å². The van der Waals surface area contributed by atoms with Gasteiger partial charge in [-0.3, -0.25) is 4.79 Å². The van der Waals surface area contributed by atoms with Crippen LogP contribution in [0.3, 0.4) is 0 Å². The van der Waals surface area contributed by atoms with Gasteiger partial charge in [-0.15, -0.1) is 4.68 Å². The lowest BCUT2D eigenvalue weighted by Gasteiger charge is -2.19. The van der Waals surface area contributed by atoms with E-state index in [-0.39, 0.29) is 0 Å². The lowest BCUT2D eigenvalue weighted by molar-refractivity contribution is 0.0505. The zero-order valence-corrected chi connectivity index (χ0v) is 9.98. The standard InChI is InChI=1S/C11H16N2O3/c1-5-8-6-9(14)13(12-7-8)10(15)16-11(2,3)4/h6-7H,5H2,1-4H3. The summed E-state index contributed by atoms with van der Waals surface area (Å²) in [6, 6.07) is 1.39. The molecule has 1 aromatic rings. The van der Waals surface area contributed by atoms with Crippen LogP contribution in [0.5, 0.6) is 0 Å². The van der Waals surface area contributed by atoms with Crippen molar-refractivity contribution >= 4 is 6.09 Å². The lowest BCUT2D eigenvalue weighted by Crippen LogP contribution is -2.35. The first kappa shape index (κ1) is 12.4. The third-order valence-electron chi connectivity index (χ3n) is 1.83. The number of aromatic nitrogens is 2. The van der Waals surface area contributed by atoms with Crippen LogP contribution in [0.2, 0.25) is 0 Å². The summed E-state index contributed by atoms with van der Waals surface area (Å²) in [5.74, 6) is 0. The van der Waals surface area contributed by atoms with Crippen molar-refractivity contribution in [3.8, 4) is 0 Å². The Bertz CT molecular complexity index is 443. The summed E-state index contributed by atoms with van der Waals surface area (Å²) in [6.45, 7) is 7.11. The van der Waals surface area contributed by atoms with Gasteiger partial charge in [0.05, 0.1) is 6.20 Å². The summed E-state index contributed by atoms with van der Waals surface area (Å²) in [5, 5.41) is 3.76. The van der Waals surface area contributed by atoms with E-state index in [0.29, 0.717) is 6.42 Å². The highest BCUT2D eigenvalue weighted by Crippen LogP contribution is 2.07. The Hall–Kier alpha value is -1.65. The molecule has 0 amide bonds. The Labute approximate surface area is 94.0 Å². The summed E-state index contributed by atoms with van der Waals surface area (Å²) >= 11 is 0. The second-order valence-corrected chi connectivity index (χ2v) is 4.45. The molecule has 0 fully saturated rings. The van der Waals surface area contributed by atoms with Gasteiger partial charge < -0.3 is 4.74 Å². The number of carbonyl (C=O) groups excluding carboxylic acids is 1. The van der Waals surface area contributed by atoms with Gasteiger partial charge in [0, 0.05) is 6.07 Å². The first-order valence-corrected chi connectivity index (χ1v) is 5.15. The van der Waals surface area contributed by atoms with Crippen molar-refractivity contribution in [3.63, 3.8) is 0 Å². The maximum absolute atomic E-state index is 11.6.